The summed E-state index contributed by atoms with van der Waals surface area (Å²) in [5.74, 6) is 0.818. The average molecular weight is 228 g/mol. The smallest absolute Gasteiger partial charge is 0.0788 e. The van der Waals surface area contributed by atoms with Crippen molar-refractivity contribution in [3.8, 4) is 0 Å². The standard InChI is InChI=1S/C13H24O3/c1-10(8-14)15-9-11(2)16-13(6-3-7-13)12-4-5-12/h10-12,14H,3-9H2,1-2H3. The largest absolute Gasteiger partial charge is 0.394 e. The highest BCUT2D eigenvalue weighted by Gasteiger charge is 2.50. The third-order valence-electron chi connectivity index (χ3n) is 3.83. The van der Waals surface area contributed by atoms with E-state index in [4.69, 9.17) is 14.6 Å². The molecule has 94 valence electrons. The zero-order valence-corrected chi connectivity index (χ0v) is 10.4. The molecule has 0 aromatic rings. The Morgan fingerprint density at radius 2 is 1.94 bits per heavy atom. The molecule has 0 aliphatic heterocycles. The number of hydrogen-bond acceptors (Lipinski definition) is 3. The van der Waals surface area contributed by atoms with Gasteiger partial charge in [0, 0.05) is 0 Å². The van der Waals surface area contributed by atoms with Crippen molar-refractivity contribution in [2.75, 3.05) is 13.2 Å². The molecule has 0 radical (unpaired) electrons. The Labute approximate surface area is 98.1 Å². The molecule has 2 saturated carbocycles. The summed E-state index contributed by atoms with van der Waals surface area (Å²) in [7, 11) is 0. The van der Waals surface area contributed by atoms with Gasteiger partial charge in [0.05, 0.1) is 31.0 Å². The summed E-state index contributed by atoms with van der Waals surface area (Å²) in [6.45, 7) is 4.63. The first-order chi connectivity index (χ1) is 7.66. The maximum absolute atomic E-state index is 8.87. The van der Waals surface area contributed by atoms with Crippen molar-refractivity contribution in [1.82, 2.24) is 0 Å². The highest BCUT2D eigenvalue weighted by atomic mass is 16.6. The fourth-order valence-electron chi connectivity index (χ4n) is 2.54. The lowest BCUT2D eigenvalue weighted by Crippen LogP contribution is -2.45. The van der Waals surface area contributed by atoms with Crippen LogP contribution in [0.5, 0.6) is 0 Å². The SMILES string of the molecule is CC(CO)OCC(C)OC1(C2CC2)CCC1. The van der Waals surface area contributed by atoms with E-state index in [0.29, 0.717) is 6.61 Å². The Morgan fingerprint density at radius 1 is 1.25 bits per heavy atom. The van der Waals surface area contributed by atoms with E-state index in [-0.39, 0.29) is 24.4 Å². The quantitative estimate of drug-likeness (QED) is 0.725. The number of rotatable bonds is 7. The Bertz CT molecular complexity index is 221. The molecule has 0 aromatic carbocycles. The molecule has 2 atom stereocenters. The summed E-state index contributed by atoms with van der Waals surface area (Å²) in [5.41, 5.74) is 0.200. The van der Waals surface area contributed by atoms with E-state index in [2.05, 4.69) is 6.92 Å². The van der Waals surface area contributed by atoms with Gasteiger partial charge in [-0.25, -0.2) is 0 Å². The van der Waals surface area contributed by atoms with Crippen molar-refractivity contribution in [2.24, 2.45) is 5.92 Å². The predicted octanol–water partition coefficient (Wildman–Crippen LogP) is 2.12. The molecule has 0 bridgehead atoms. The maximum atomic E-state index is 8.87. The highest BCUT2D eigenvalue weighted by Crippen LogP contribution is 2.53. The summed E-state index contributed by atoms with van der Waals surface area (Å²) in [6, 6.07) is 0. The zero-order chi connectivity index (χ0) is 11.6. The van der Waals surface area contributed by atoms with E-state index in [0.717, 1.165) is 5.92 Å². The molecule has 2 rings (SSSR count). The average Bonchev–Trinajstić information content (AvgIpc) is 3.03. The number of aliphatic hydroxyl groups excluding tert-OH is 1. The third-order valence-corrected chi connectivity index (χ3v) is 3.83. The second kappa shape index (κ2) is 5.03. The van der Waals surface area contributed by atoms with Crippen molar-refractivity contribution < 1.29 is 14.6 Å². The van der Waals surface area contributed by atoms with E-state index in [1.807, 2.05) is 6.92 Å². The summed E-state index contributed by atoms with van der Waals surface area (Å²) >= 11 is 0. The second-order valence-electron chi connectivity index (χ2n) is 5.45. The van der Waals surface area contributed by atoms with Crippen LogP contribution >= 0.6 is 0 Å². The van der Waals surface area contributed by atoms with Gasteiger partial charge in [0.25, 0.3) is 0 Å². The van der Waals surface area contributed by atoms with Gasteiger partial charge in [0.2, 0.25) is 0 Å². The Kier molecular flexibility index (Phi) is 3.88. The van der Waals surface area contributed by atoms with Gasteiger partial charge < -0.3 is 14.6 Å². The van der Waals surface area contributed by atoms with Gasteiger partial charge in [-0.1, -0.05) is 0 Å². The fraction of sp³-hybridized carbons (Fsp3) is 1.00. The van der Waals surface area contributed by atoms with Gasteiger partial charge >= 0.3 is 0 Å². The van der Waals surface area contributed by atoms with Crippen molar-refractivity contribution >= 4 is 0 Å². The first kappa shape index (κ1) is 12.3. The van der Waals surface area contributed by atoms with Gasteiger partial charge in [-0.2, -0.15) is 0 Å². The number of hydrogen-bond donors (Lipinski definition) is 1. The number of aliphatic hydroxyl groups is 1. The molecule has 0 spiro atoms. The summed E-state index contributed by atoms with van der Waals surface area (Å²) in [5, 5.41) is 8.87. The van der Waals surface area contributed by atoms with Gasteiger partial charge in [0.1, 0.15) is 0 Å². The molecule has 0 saturated heterocycles. The van der Waals surface area contributed by atoms with Crippen molar-refractivity contribution in [2.45, 2.75) is 63.8 Å². The summed E-state index contributed by atoms with van der Waals surface area (Å²) in [6.07, 6.45) is 6.55. The van der Waals surface area contributed by atoms with Gasteiger partial charge in [-0.05, 0) is 51.9 Å². The molecule has 0 heterocycles. The minimum Gasteiger partial charge on any atom is -0.394 e. The van der Waals surface area contributed by atoms with E-state index in [9.17, 15) is 0 Å². The van der Waals surface area contributed by atoms with Crippen LogP contribution in [0.3, 0.4) is 0 Å². The highest BCUT2D eigenvalue weighted by molar-refractivity contribution is 5.02. The lowest BCUT2D eigenvalue weighted by Gasteiger charge is -2.44. The van der Waals surface area contributed by atoms with Crippen LogP contribution in [0.25, 0.3) is 0 Å². The fourth-order valence-corrected chi connectivity index (χ4v) is 2.54. The lowest BCUT2D eigenvalue weighted by molar-refractivity contribution is -0.168. The zero-order valence-electron chi connectivity index (χ0n) is 10.4. The molecule has 2 aliphatic carbocycles. The summed E-state index contributed by atoms with van der Waals surface area (Å²) in [4.78, 5) is 0. The van der Waals surface area contributed by atoms with Gasteiger partial charge in [-0.3, -0.25) is 0 Å². The molecule has 2 aliphatic rings. The van der Waals surface area contributed by atoms with Crippen LogP contribution in [0.4, 0.5) is 0 Å². The van der Waals surface area contributed by atoms with Crippen molar-refractivity contribution in [3.05, 3.63) is 0 Å². The Balaban J connectivity index is 1.71. The molecule has 0 amide bonds. The normalized spacial score (nSPS) is 27.2. The van der Waals surface area contributed by atoms with E-state index in [1.54, 1.807) is 0 Å². The Morgan fingerprint density at radius 3 is 2.38 bits per heavy atom. The van der Waals surface area contributed by atoms with Crippen molar-refractivity contribution in [1.29, 1.82) is 0 Å². The monoisotopic (exact) mass is 228 g/mol. The Hall–Kier alpha value is -0.120. The van der Waals surface area contributed by atoms with Crippen LogP contribution in [0.1, 0.15) is 46.0 Å². The van der Waals surface area contributed by atoms with Crippen LogP contribution in [-0.2, 0) is 9.47 Å². The summed E-state index contributed by atoms with van der Waals surface area (Å²) < 4.78 is 11.7. The lowest BCUT2D eigenvalue weighted by atomic mass is 9.76. The molecule has 3 nitrogen and oxygen atoms in total. The molecule has 16 heavy (non-hydrogen) atoms. The minimum atomic E-state index is -0.0793. The first-order valence-electron chi connectivity index (χ1n) is 6.56. The molecular weight excluding hydrogens is 204 g/mol. The van der Waals surface area contributed by atoms with Gasteiger partial charge in [0.15, 0.2) is 0 Å². The first-order valence-corrected chi connectivity index (χ1v) is 6.56. The predicted molar refractivity (Wildman–Crippen MR) is 62.4 cm³/mol. The second-order valence-corrected chi connectivity index (χ2v) is 5.45. The molecular formula is C13H24O3. The topological polar surface area (TPSA) is 38.7 Å². The van der Waals surface area contributed by atoms with Crippen molar-refractivity contribution in [3.63, 3.8) is 0 Å². The van der Waals surface area contributed by atoms with Crippen LogP contribution in [0.2, 0.25) is 0 Å². The van der Waals surface area contributed by atoms with Crippen LogP contribution < -0.4 is 0 Å². The molecule has 1 N–H and O–H groups in total. The number of ether oxygens (including phenoxy) is 2. The van der Waals surface area contributed by atoms with E-state index < -0.39 is 0 Å². The van der Waals surface area contributed by atoms with Crippen LogP contribution in [0, 0.1) is 5.92 Å². The minimum absolute atomic E-state index is 0.0793. The van der Waals surface area contributed by atoms with Crippen LogP contribution in [0.15, 0.2) is 0 Å². The molecule has 2 unspecified atom stereocenters. The van der Waals surface area contributed by atoms with Gasteiger partial charge in [-0.15, -0.1) is 0 Å². The maximum Gasteiger partial charge on any atom is 0.0788 e. The van der Waals surface area contributed by atoms with E-state index in [1.165, 1.54) is 32.1 Å². The molecule has 2 fully saturated rings. The van der Waals surface area contributed by atoms with E-state index >= 15 is 0 Å². The third kappa shape index (κ3) is 2.76. The molecule has 3 heteroatoms. The van der Waals surface area contributed by atoms with Crippen LogP contribution in [-0.4, -0.2) is 36.1 Å². The molecule has 0 aromatic heterocycles.